The normalized spacial score (nSPS) is 12.8. The van der Waals surface area contributed by atoms with Gasteiger partial charge in [-0.05, 0) is 55.6 Å². The lowest BCUT2D eigenvalue weighted by Gasteiger charge is -2.21. The van der Waals surface area contributed by atoms with E-state index in [-0.39, 0.29) is 22.6 Å². The first-order valence-electron chi connectivity index (χ1n) is 10.8. The van der Waals surface area contributed by atoms with Crippen LogP contribution in [0.25, 0.3) is 22.1 Å². The second-order valence-electron chi connectivity index (χ2n) is 8.32. The van der Waals surface area contributed by atoms with Gasteiger partial charge in [-0.2, -0.15) is 13.2 Å². The van der Waals surface area contributed by atoms with Crippen LogP contribution < -0.4 is 10.2 Å². The largest absolute Gasteiger partial charge is 0.486 e. The van der Waals surface area contributed by atoms with Crippen LogP contribution in [-0.4, -0.2) is 25.5 Å². The quantitative estimate of drug-likeness (QED) is 0.309. The molecule has 1 atom stereocenters. The van der Waals surface area contributed by atoms with Crippen molar-refractivity contribution in [1.29, 1.82) is 0 Å². The van der Waals surface area contributed by atoms with Crippen molar-refractivity contribution in [2.45, 2.75) is 18.7 Å². The summed E-state index contributed by atoms with van der Waals surface area (Å²) < 4.78 is 51.3. The average Bonchev–Trinajstić information content (AvgIpc) is 2.82. The second-order valence-corrected chi connectivity index (χ2v) is 8.32. The standard InChI is InChI=1S/C27H24F3NO3/c1-31(2)14-13-24(18-7-4-3-5-8-18)34-21-11-12-25-22(16-21)26(32)23(17-33-25)19-9-6-10-20(15-19)27(28,29)30/h3-12,15-17,24H,13-14H2,1-2H3. The molecular formula is C27H24F3NO3. The van der Waals surface area contributed by atoms with Crippen LogP contribution in [0.4, 0.5) is 13.2 Å². The van der Waals surface area contributed by atoms with Gasteiger partial charge in [0.25, 0.3) is 0 Å². The molecule has 0 fully saturated rings. The summed E-state index contributed by atoms with van der Waals surface area (Å²) >= 11 is 0. The minimum absolute atomic E-state index is 0.0583. The van der Waals surface area contributed by atoms with Gasteiger partial charge in [-0.15, -0.1) is 0 Å². The Bertz CT molecular complexity index is 1330. The Kier molecular flexibility index (Phi) is 6.75. The zero-order valence-electron chi connectivity index (χ0n) is 18.8. The maximum Gasteiger partial charge on any atom is 0.416 e. The highest BCUT2D eigenvalue weighted by molar-refractivity contribution is 5.82. The van der Waals surface area contributed by atoms with Crippen molar-refractivity contribution in [3.63, 3.8) is 0 Å². The van der Waals surface area contributed by atoms with Crippen LogP contribution >= 0.6 is 0 Å². The topological polar surface area (TPSA) is 42.7 Å². The van der Waals surface area contributed by atoms with Gasteiger partial charge in [0.05, 0.1) is 16.5 Å². The fourth-order valence-corrected chi connectivity index (χ4v) is 3.75. The Balaban J connectivity index is 1.71. The molecule has 0 N–H and O–H groups in total. The molecule has 4 rings (SSSR count). The molecule has 4 nitrogen and oxygen atoms in total. The summed E-state index contributed by atoms with van der Waals surface area (Å²) in [7, 11) is 3.97. The molecule has 0 saturated carbocycles. The lowest BCUT2D eigenvalue weighted by Crippen LogP contribution is -2.18. The highest BCUT2D eigenvalue weighted by atomic mass is 19.4. The molecule has 0 bridgehead atoms. The summed E-state index contributed by atoms with van der Waals surface area (Å²) in [5, 5.41) is 0.242. The van der Waals surface area contributed by atoms with Gasteiger partial charge in [0, 0.05) is 13.0 Å². The van der Waals surface area contributed by atoms with E-state index in [1.807, 2.05) is 44.4 Å². The minimum atomic E-state index is -4.51. The van der Waals surface area contributed by atoms with Crippen molar-refractivity contribution in [2.24, 2.45) is 0 Å². The van der Waals surface area contributed by atoms with Gasteiger partial charge in [-0.1, -0.05) is 42.5 Å². The maximum atomic E-state index is 13.2. The molecular weight excluding hydrogens is 443 g/mol. The van der Waals surface area contributed by atoms with Gasteiger partial charge in [0.2, 0.25) is 5.43 Å². The van der Waals surface area contributed by atoms with E-state index in [4.69, 9.17) is 9.15 Å². The smallest absolute Gasteiger partial charge is 0.416 e. The first-order chi connectivity index (χ1) is 16.2. The zero-order valence-corrected chi connectivity index (χ0v) is 18.8. The fourth-order valence-electron chi connectivity index (χ4n) is 3.75. The van der Waals surface area contributed by atoms with Gasteiger partial charge in [0.15, 0.2) is 0 Å². The highest BCUT2D eigenvalue weighted by Gasteiger charge is 2.30. The Morgan fingerprint density at radius 1 is 0.971 bits per heavy atom. The second kappa shape index (κ2) is 9.73. The van der Waals surface area contributed by atoms with Gasteiger partial charge >= 0.3 is 6.18 Å². The number of rotatable bonds is 7. The Morgan fingerprint density at radius 3 is 2.44 bits per heavy atom. The van der Waals surface area contributed by atoms with Gasteiger partial charge < -0.3 is 14.1 Å². The lowest BCUT2D eigenvalue weighted by molar-refractivity contribution is -0.137. The third-order valence-corrected chi connectivity index (χ3v) is 5.53. The van der Waals surface area contributed by atoms with E-state index in [0.717, 1.165) is 30.7 Å². The molecule has 0 aliphatic carbocycles. The summed E-state index contributed by atoms with van der Waals surface area (Å²) in [4.78, 5) is 15.3. The van der Waals surface area contributed by atoms with E-state index in [1.54, 1.807) is 18.2 Å². The van der Waals surface area contributed by atoms with Crippen LogP contribution in [0.2, 0.25) is 0 Å². The molecule has 4 aromatic rings. The molecule has 1 aromatic heterocycles. The van der Waals surface area contributed by atoms with Crippen LogP contribution in [-0.2, 0) is 6.18 Å². The predicted molar refractivity (Wildman–Crippen MR) is 126 cm³/mol. The van der Waals surface area contributed by atoms with E-state index in [1.165, 1.54) is 18.4 Å². The first-order valence-corrected chi connectivity index (χ1v) is 10.8. The summed E-state index contributed by atoms with van der Waals surface area (Å²) in [5.74, 6) is 0.480. The molecule has 0 aliphatic rings. The maximum absolute atomic E-state index is 13.2. The predicted octanol–water partition coefficient (Wildman–Crippen LogP) is 6.55. The number of hydrogen-bond acceptors (Lipinski definition) is 4. The molecule has 7 heteroatoms. The third kappa shape index (κ3) is 5.31. The van der Waals surface area contributed by atoms with Crippen LogP contribution in [0.1, 0.15) is 23.7 Å². The van der Waals surface area contributed by atoms with Crippen LogP contribution in [0.15, 0.2) is 88.3 Å². The van der Waals surface area contributed by atoms with E-state index < -0.39 is 17.2 Å². The van der Waals surface area contributed by atoms with Gasteiger partial charge in [-0.3, -0.25) is 4.79 Å². The van der Waals surface area contributed by atoms with Gasteiger partial charge in [-0.25, -0.2) is 0 Å². The molecule has 176 valence electrons. The number of halogens is 3. The number of fused-ring (bicyclic) bond motifs is 1. The molecule has 0 spiro atoms. The van der Waals surface area contributed by atoms with Crippen molar-refractivity contribution < 1.29 is 22.3 Å². The van der Waals surface area contributed by atoms with Gasteiger partial charge in [0.1, 0.15) is 23.7 Å². The molecule has 1 unspecified atom stereocenters. The molecule has 34 heavy (non-hydrogen) atoms. The van der Waals surface area contributed by atoms with Crippen molar-refractivity contribution >= 4 is 11.0 Å². The summed E-state index contributed by atoms with van der Waals surface area (Å²) in [6, 6.07) is 19.4. The summed E-state index contributed by atoms with van der Waals surface area (Å²) in [5.41, 5.74) is 0.295. The van der Waals surface area contributed by atoms with Crippen molar-refractivity contribution in [3.8, 4) is 16.9 Å². The molecule has 3 aromatic carbocycles. The van der Waals surface area contributed by atoms with Crippen LogP contribution in [0.3, 0.4) is 0 Å². The summed E-state index contributed by atoms with van der Waals surface area (Å²) in [6.45, 7) is 0.801. The molecule has 0 aliphatic heterocycles. The highest BCUT2D eigenvalue weighted by Crippen LogP contribution is 2.32. The Hall–Kier alpha value is -3.58. The van der Waals surface area contributed by atoms with E-state index in [0.29, 0.717) is 11.3 Å². The number of hydrogen-bond donors (Lipinski definition) is 0. The summed E-state index contributed by atoms with van der Waals surface area (Å²) in [6.07, 6.45) is -2.81. The molecule has 0 saturated heterocycles. The van der Waals surface area contributed by atoms with Crippen molar-refractivity contribution in [1.82, 2.24) is 4.90 Å². The number of benzene rings is 3. The molecule has 1 heterocycles. The van der Waals surface area contributed by atoms with Crippen LogP contribution in [0.5, 0.6) is 5.75 Å². The zero-order chi connectivity index (χ0) is 24.3. The minimum Gasteiger partial charge on any atom is -0.486 e. The number of nitrogens with zero attached hydrogens (tertiary/aromatic N) is 1. The van der Waals surface area contributed by atoms with Crippen LogP contribution in [0, 0.1) is 0 Å². The molecule has 0 amide bonds. The average molecular weight is 467 g/mol. The third-order valence-electron chi connectivity index (χ3n) is 5.53. The van der Waals surface area contributed by atoms with E-state index in [9.17, 15) is 18.0 Å². The monoisotopic (exact) mass is 467 g/mol. The Morgan fingerprint density at radius 2 is 1.74 bits per heavy atom. The number of ether oxygens (including phenoxy) is 1. The Labute approximate surface area is 195 Å². The molecule has 0 radical (unpaired) electrons. The van der Waals surface area contributed by atoms with E-state index >= 15 is 0 Å². The fraction of sp³-hybridized carbons (Fsp3) is 0.222. The SMILES string of the molecule is CN(C)CCC(Oc1ccc2occ(-c3cccc(C(F)(F)F)c3)c(=O)c2c1)c1ccccc1. The van der Waals surface area contributed by atoms with Crippen molar-refractivity contribution in [3.05, 3.63) is 100 Å². The van der Waals surface area contributed by atoms with E-state index in [2.05, 4.69) is 4.90 Å². The van der Waals surface area contributed by atoms with Crippen molar-refractivity contribution in [2.75, 3.05) is 20.6 Å². The first kappa shape index (κ1) is 23.6. The number of alkyl halides is 3. The lowest BCUT2D eigenvalue weighted by atomic mass is 10.0.